The van der Waals surface area contributed by atoms with Gasteiger partial charge in [-0.05, 0) is 19.8 Å². The van der Waals surface area contributed by atoms with Crippen molar-refractivity contribution in [1.29, 1.82) is 0 Å². The highest BCUT2D eigenvalue weighted by atomic mass is 35.5. The second-order valence-corrected chi connectivity index (χ2v) is 8.54. The number of urea groups is 1. The van der Waals surface area contributed by atoms with E-state index in [0.29, 0.717) is 24.8 Å². The van der Waals surface area contributed by atoms with Crippen LogP contribution in [0.15, 0.2) is 0 Å². The molecule has 8 nitrogen and oxygen atoms in total. The van der Waals surface area contributed by atoms with Crippen LogP contribution >= 0.6 is 23.4 Å². The molecular weight excluding hydrogens is 394 g/mol. The summed E-state index contributed by atoms with van der Waals surface area (Å²) in [6, 6.07) is 0.404. The molecule has 2 heterocycles. The van der Waals surface area contributed by atoms with Crippen LogP contribution < -0.4 is 16.0 Å². The molecule has 1 unspecified atom stereocenters. The van der Waals surface area contributed by atoms with E-state index in [2.05, 4.69) is 16.0 Å². The second kappa shape index (κ2) is 11.6. The second-order valence-electron chi connectivity index (χ2n) is 6.61. The molecule has 0 aromatic carbocycles. The SMILES string of the molecule is CC(Cl)C(=O)OCCOCCNC(=O)CCCC[C@@H]1SC[C@@H]2NC(=O)N[C@@H]21. The van der Waals surface area contributed by atoms with Crippen LogP contribution in [0.25, 0.3) is 0 Å². The maximum absolute atomic E-state index is 11.8. The van der Waals surface area contributed by atoms with Gasteiger partial charge in [0.05, 0.1) is 25.3 Å². The van der Waals surface area contributed by atoms with Gasteiger partial charge in [0.2, 0.25) is 5.91 Å². The summed E-state index contributed by atoms with van der Waals surface area (Å²) in [5, 5.41) is 8.48. The van der Waals surface area contributed by atoms with E-state index in [0.717, 1.165) is 25.0 Å². The monoisotopic (exact) mass is 421 g/mol. The van der Waals surface area contributed by atoms with Crippen molar-refractivity contribution in [3.8, 4) is 0 Å². The van der Waals surface area contributed by atoms with Gasteiger partial charge in [0, 0.05) is 24.0 Å². The zero-order valence-electron chi connectivity index (χ0n) is 15.5. The van der Waals surface area contributed by atoms with Gasteiger partial charge >= 0.3 is 12.0 Å². The maximum atomic E-state index is 11.8. The number of alkyl halides is 1. The van der Waals surface area contributed by atoms with E-state index in [4.69, 9.17) is 21.1 Å². The molecule has 2 saturated heterocycles. The molecule has 2 aliphatic rings. The molecule has 0 aromatic rings. The summed E-state index contributed by atoms with van der Waals surface area (Å²) in [5.74, 6) is 0.499. The summed E-state index contributed by atoms with van der Waals surface area (Å²) in [4.78, 5) is 34.2. The zero-order valence-corrected chi connectivity index (χ0v) is 17.1. The third-order valence-electron chi connectivity index (χ3n) is 4.45. The van der Waals surface area contributed by atoms with Crippen LogP contribution in [0.3, 0.4) is 0 Å². The standard InChI is InChI=1S/C17H28ClN3O5S/c1-11(18)16(23)26-9-8-25-7-6-19-14(22)5-3-2-4-13-15-12(10-27-13)20-17(24)21-15/h11-13,15H,2-10H2,1H3,(H,19,22)(H2,20,21,24)/t11?,12-,13-,15-/m0/s1. The molecule has 2 fully saturated rings. The minimum absolute atomic E-state index is 0.00813. The fourth-order valence-electron chi connectivity index (χ4n) is 3.04. The van der Waals surface area contributed by atoms with Gasteiger partial charge in [0.1, 0.15) is 12.0 Å². The number of unbranched alkanes of at least 4 members (excludes halogenated alkanes) is 1. The number of hydrogen-bond donors (Lipinski definition) is 3. The van der Waals surface area contributed by atoms with E-state index in [1.165, 1.54) is 0 Å². The van der Waals surface area contributed by atoms with E-state index < -0.39 is 11.3 Å². The van der Waals surface area contributed by atoms with Crippen molar-refractivity contribution >= 4 is 41.3 Å². The summed E-state index contributed by atoms with van der Waals surface area (Å²) >= 11 is 7.45. The highest BCUT2D eigenvalue weighted by molar-refractivity contribution is 8.00. The molecule has 3 amide bonds. The maximum Gasteiger partial charge on any atom is 0.323 e. The Bertz CT molecular complexity index is 523. The third-order valence-corrected chi connectivity index (χ3v) is 6.13. The number of fused-ring (bicyclic) bond motifs is 1. The van der Waals surface area contributed by atoms with Crippen molar-refractivity contribution in [3.63, 3.8) is 0 Å². The molecule has 0 aromatic heterocycles. The highest BCUT2D eigenvalue weighted by Crippen LogP contribution is 2.33. The van der Waals surface area contributed by atoms with Crippen molar-refractivity contribution in [2.75, 3.05) is 32.1 Å². The molecular formula is C17H28ClN3O5S. The van der Waals surface area contributed by atoms with Crippen molar-refractivity contribution in [1.82, 2.24) is 16.0 Å². The first-order valence-electron chi connectivity index (χ1n) is 9.31. The third kappa shape index (κ3) is 7.75. The fourth-order valence-corrected chi connectivity index (χ4v) is 4.65. The lowest BCUT2D eigenvalue weighted by atomic mass is 10.0. The van der Waals surface area contributed by atoms with Crippen LogP contribution in [-0.4, -0.2) is 72.7 Å². The van der Waals surface area contributed by atoms with E-state index >= 15 is 0 Å². The first-order valence-corrected chi connectivity index (χ1v) is 10.8. The molecule has 0 saturated carbocycles. The van der Waals surface area contributed by atoms with E-state index in [1.54, 1.807) is 6.92 Å². The summed E-state index contributed by atoms with van der Waals surface area (Å²) in [6.07, 6.45) is 3.28. The lowest BCUT2D eigenvalue weighted by molar-refractivity contribution is -0.144. The van der Waals surface area contributed by atoms with Gasteiger partial charge in [-0.1, -0.05) is 6.42 Å². The molecule has 3 N–H and O–H groups in total. The van der Waals surface area contributed by atoms with Crippen molar-refractivity contribution in [3.05, 3.63) is 0 Å². The molecule has 154 valence electrons. The molecule has 10 heteroatoms. The predicted molar refractivity (Wildman–Crippen MR) is 104 cm³/mol. The number of hydrogen-bond acceptors (Lipinski definition) is 6. The lowest BCUT2D eigenvalue weighted by Gasteiger charge is -2.16. The predicted octanol–water partition coefficient (Wildman–Crippen LogP) is 1.02. The van der Waals surface area contributed by atoms with Crippen molar-refractivity contribution in [2.45, 2.75) is 55.3 Å². The Labute approximate surface area is 168 Å². The molecule has 2 rings (SSSR count). The number of carbonyl (C=O) groups is 3. The first-order chi connectivity index (χ1) is 13.0. The molecule has 2 aliphatic heterocycles. The molecule has 0 aliphatic carbocycles. The van der Waals surface area contributed by atoms with Crippen LogP contribution in [0.5, 0.6) is 0 Å². The number of esters is 1. The molecule has 4 atom stereocenters. The van der Waals surface area contributed by atoms with Crippen LogP contribution in [0.4, 0.5) is 4.79 Å². The fraction of sp³-hybridized carbons (Fsp3) is 0.824. The molecule has 27 heavy (non-hydrogen) atoms. The highest BCUT2D eigenvalue weighted by Gasteiger charge is 2.42. The van der Waals surface area contributed by atoms with Crippen LogP contribution in [-0.2, 0) is 19.1 Å². The van der Waals surface area contributed by atoms with Crippen molar-refractivity contribution < 1.29 is 23.9 Å². The van der Waals surface area contributed by atoms with Gasteiger partial charge in [0.15, 0.2) is 0 Å². The average molecular weight is 422 g/mol. The number of halogens is 1. The Kier molecular flexibility index (Phi) is 9.50. The van der Waals surface area contributed by atoms with Gasteiger partial charge in [-0.3, -0.25) is 9.59 Å². The Balaban J connectivity index is 1.41. The van der Waals surface area contributed by atoms with E-state index in [9.17, 15) is 14.4 Å². The lowest BCUT2D eigenvalue weighted by Crippen LogP contribution is -2.36. The summed E-state index contributed by atoms with van der Waals surface area (Å²) in [5.41, 5.74) is 0. The summed E-state index contributed by atoms with van der Waals surface area (Å²) < 4.78 is 10.1. The number of rotatable bonds is 12. The van der Waals surface area contributed by atoms with E-state index in [-0.39, 0.29) is 37.2 Å². The Morgan fingerprint density at radius 2 is 2.11 bits per heavy atom. The average Bonchev–Trinajstić information content (AvgIpc) is 3.17. The van der Waals surface area contributed by atoms with Gasteiger partial charge < -0.3 is 25.4 Å². The van der Waals surface area contributed by atoms with Gasteiger partial charge in [0.25, 0.3) is 0 Å². The number of nitrogens with one attached hydrogen (secondary N) is 3. The van der Waals surface area contributed by atoms with Crippen LogP contribution in [0, 0.1) is 0 Å². The molecule has 0 bridgehead atoms. The number of carbonyl (C=O) groups excluding carboxylic acids is 3. The molecule has 0 spiro atoms. The first kappa shape index (κ1) is 22.1. The van der Waals surface area contributed by atoms with Crippen LogP contribution in [0.1, 0.15) is 32.6 Å². The van der Waals surface area contributed by atoms with Crippen LogP contribution in [0.2, 0.25) is 0 Å². The minimum atomic E-state index is -0.661. The minimum Gasteiger partial charge on any atom is -0.462 e. The molecule has 0 radical (unpaired) electrons. The number of ether oxygens (including phenoxy) is 2. The van der Waals surface area contributed by atoms with Gasteiger partial charge in [-0.2, -0.15) is 11.8 Å². The summed E-state index contributed by atoms with van der Waals surface area (Å²) in [7, 11) is 0. The Hall–Kier alpha value is -1.19. The quantitative estimate of drug-likeness (QED) is 0.188. The topological polar surface area (TPSA) is 106 Å². The van der Waals surface area contributed by atoms with Gasteiger partial charge in [-0.25, -0.2) is 4.79 Å². The number of thioether (sulfide) groups is 1. The summed E-state index contributed by atoms with van der Waals surface area (Å²) in [6.45, 7) is 2.78. The number of amides is 3. The smallest absolute Gasteiger partial charge is 0.323 e. The zero-order chi connectivity index (χ0) is 19.6. The van der Waals surface area contributed by atoms with Crippen molar-refractivity contribution in [2.24, 2.45) is 0 Å². The normalized spacial score (nSPS) is 24.7. The van der Waals surface area contributed by atoms with Gasteiger partial charge in [-0.15, -0.1) is 11.6 Å². The Morgan fingerprint density at radius 3 is 2.89 bits per heavy atom. The Morgan fingerprint density at radius 1 is 1.30 bits per heavy atom. The largest absolute Gasteiger partial charge is 0.462 e. The van der Waals surface area contributed by atoms with E-state index in [1.807, 2.05) is 11.8 Å².